The number of carbonyl (C=O) groups excluding carboxylic acids is 2. The standard InChI is InChI=1S/C18H24N2O4S/c1-4-9-23-14-8-6-5-7-13(14)16-15(12(2)19-18(22)20-16)17(21)24-10-11-25-3/h5-8,15-16H,4,9-11H2,1-3H3,(H,20,22). The van der Waals surface area contributed by atoms with Crippen LogP contribution in [-0.4, -0.2) is 42.9 Å². The molecule has 2 rings (SSSR count). The summed E-state index contributed by atoms with van der Waals surface area (Å²) in [5, 5.41) is 2.79. The average Bonchev–Trinajstić information content (AvgIpc) is 2.59. The van der Waals surface area contributed by atoms with Crippen LogP contribution in [-0.2, 0) is 9.53 Å². The molecule has 0 aliphatic carbocycles. The van der Waals surface area contributed by atoms with Crippen LogP contribution in [0.2, 0.25) is 0 Å². The van der Waals surface area contributed by atoms with Crippen LogP contribution in [0.15, 0.2) is 29.3 Å². The highest BCUT2D eigenvalue weighted by atomic mass is 32.2. The summed E-state index contributed by atoms with van der Waals surface area (Å²) in [6, 6.07) is 6.41. The van der Waals surface area contributed by atoms with E-state index >= 15 is 0 Å². The highest BCUT2D eigenvalue weighted by Crippen LogP contribution is 2.34. The first kappa shape index (κ1) is 19.3. The number of nitrogens with one attached hydrogen (secondary N) is 1. The van der Waals surface area contributed by atoms with E-state index in [9.17, 15) is 9.59 Å². The molecule has 2 atom stereocenters. The number of rotatable bonds is 8. The Hall–Kier alpha value is -2.02. The van der Waals surface area contributed by atoms with E-state index in [4.69, 9.17) is 9.47 Å². The first-order valence-corrected chi connectivity index (χ1v) is 9.70. The van der Waals surface area contributed by atoms with E-state index in [1.807, 2.05) is 37.4 Å². The van der Waals surface area contributed by atoms with E-state index in [-0.39, 0.29) is 5.97 Å². The monoisotopic (exact) mass is 364 g/mol. The molecule has 2 amide bonds. The van der Waals surface area contributed by atoms with Crippen molar-refractivity contribution >= 4 is 29.5 Å². The van der Waals surface area contributed by atoms with Gasteiger partial charge in [-0.3, -0.25) is 4.79 Å². The predicted molar refractivity (Wildman–Crippen MR) is 99.4 cm³/mol. The van der Waals surface area contributed by atoms with Gasteiger partial charge in [-0.05, 0) is 25.7 Å². The molecule has 0 aromatic heterocycles. The smallest absolute Gasteiger partial charge is 0.341 e. The van der Waals surface area contributed by atoms with E-state index in [0.29, 0.717) is 24.7 Å². The van der Waals surface area contributed by atoms with Crippen LogP contribution < -0.4 is 10.1 Å². The Kier molecular flexibility index (Phi) is 7.31. The van der Waals surface area contributed by atoms with Gasteiger partial charge in [-0.25, -0.2) is 9.79 Å². The minimum absolute atomic E-state index is 0.332. The molecule has 1 aromatic carbocycles. The maximum atomic E-state index is 12.6. The van der Waals surface area contributed by atoms with Gasteiger partial charge in [0.05, 0.1) is 12.6 Å². The summed E-state index contributed by atoms with van der Waals surface area (Å²) in [4.78, 5) is 28.4. The van der Waals surface area contributed by atoms with Crippen molar-refractivity contribution in [2.45, 2.75) is 26.3 Å². The zero-order valence-electron chi connectivity index (χ0n) is 14.8. The predicted octanol–water partition coefficient (Wildman–Crippen LogP) is 3.22. The van der Waals surface area contributed by atoms with Crippen molar-refractivity contribution in [2.24, 2.45) is 10.9 Å². The molecule has 0 saturated carbocycles. The number of benzene rings is 1. The van der Waals surface area contributed by atoms with Crippen LogP contribution in [0, 0.1) is 5.92 Å². The summed E-state index contributed by atoms with van der Waals surface area (Å²) in [6.07, 6.45) is 2.82. The van der Waals surface area contributed by atoms with E-state index < -0.39 is 18.0 Å². The summed E-state index contributed by atoms with van der Waals surface area (Å²) in [5.41, 5.74) is 1.21. The number of esters is 1. The second-order valence-electron chi connectivity index (χ2n) is 5.70. The molecule has 1 N–H and O–H groups in total. The average molecular weight is 364 g/mol. The lowest BCUT2D eigenvalue weighted by atomic mass is 9.88. The van der Waals surface area contributed by atoms with Gasteiger partial charge < -0.3 is 14.8 Å². The SMILES string of the molecule is CCCOc1ccccc1C1NC(=O)N=C(C)C1C(=O)OCCSC. The molecule has 1 aliphatic rings. The molecule has 0 spiro atoms. The largest absolute Gasteiger partial charge is 0.493 e. The third-order valence-corrected chi connectivity index (χ3v) is 4.42. The van der Waals surface area contributed by atoms with Crippen LogP contribution in [0.3, 0.4) is 0 Å². The van der Waals surface area contributed by atoms with E-state index in [1.54, 1.807) is 18.7 Å². The van der Waals surface area contributed by atoms with Crippen LogP contribution in [0.25, 0.3) is 0 Å². The highest BCUT2D eigenvalue weighted by molar-refractivity contribution is 7.98. The summed E-state index contributed by atoms with van der Waals surface area (Å²) < 4.78 is 11.2. The number of hydrogen-bond acceptors (Lipinski definition) is 5. The molecule has 6 nitrogen and oxygen atoms in total. The number of carbonyl (C=O) groups is 2. The Bertz CT molecular complexity index is 648. The molecule has 7 heteroatoms. The normalized spacial score (nSPS) is 19.8. The van der Waals surface area contributed by atoms with Crippen molar-refractivity contribution in [3.8, 4) is 5.75 Å². The van der Waals surface area contributed by atoms with Gasteiger partial charge in [0.1, 0.15) is 18.3 Å². The molecule has 1 heterocycles. The lowest BCUT2D eigenvalue weighted by molar-refractivity contribution is -0.146. The molecule has 0 bridgehead atoms. The van der Waals surface area contributed by atoms with E-state index in [0.717, 1.165) is 17.7 Å². The van der Waals surface area contributed by atoms with Gasteiger partial charge in [0.25, 0.3) is 0 Å². The van der Waals surface area contributed by atoms with Crippen molar-refractivity contribution < 1.29 is 19.1 Å². The van der Waals surface area contributed by atoms with Gasteiger partial charge in [-0.1, -0.05) is 25.1 Å². The van der Waals surface area contributed by atoms with Crippen LogP contribution in [0.4, 0.5) is 4.79 Å². The molecule has 1 aromatic rings. The number of nitrogens with zero attached hydrogens (tertiary/aromatic N) is 1. The number of thioether (sulfide) groups is 1. The molecule has 0 saturated heterocycles. The molecule has 25 heavy (non-hydrogen) atoms. The number of ether oxygens (including phenoxy) is 2. The van der Waals surface area contributed by atoms with Crippen LogP contribution >= 0.6 is 11.8 Å². The number of urea groups is 1. The quantitative estimate of drug-likeness (QED) is 0.566. The molecule has 1 aliphatic heterocycles. The van der Waals surface area contributed by atoms with Crippen molar-refractivity contribution in [3.05, 3.63) is 29.8 Å². The van der Waals surface area contributed by atoms with E-state index in [1.165, 1.54) is 0 Å². The molecule has 2 unspecified atom stereocenters. The van der Waals surface area contributed by atoms with Crippen LogP contribution in [0.5, 0.6) is 5.75 Å². The number of para-hydroxylation sites is 1. The molecule has 0 radical (unpaired) electrons. The second-order valence-corrected chi connectivity index (χ2v) is 6.69. The number of aliphatic imine (C=N–C) groups is 1. The van der Waals surface area contributed by atoms with Crippen molar-refractivity contribution in [3.63, 3.8) is 0 Å². The summed E-state index contributed by atoms with van der Waals surface area (Å²) in [7, 11) is 0. The Morgan fingerprint density at radius 2 is 2.08 bits per heavy atom. The third-order valence-electron chi connectivity index (χ3n) is 3.84. The minimum atomic E-state index is -0.661. The lowest BCUT2D eigenvalue weighted by Gasteiger charge is -2.30. The Balaban J connectivity index is 2.31. The zero-order valence-corrected chi connectivity index (χ0v) is 15.6. The van der Waals surface area contributed by atoms with Crippen molar-refractivity contribution in [1.29, 1.82) is 0 Å². The topological polar surface area (TPSA) is 77.0 Å². The molecular weight excluding hydrogens is 340 g/mol. The molecule has 136 valence electrons. The molecule has 0 fully saturated rings. The maximum absolute atomic E-state index is 12.6. The third kappa shape index (κ3) is 4.98. The zero-order chi connectivity index (χ0) is 18.2. The first-order valence-electron chi connectivity index (χ1n) is 8.31. The first-order chi connectivity index (χ1) is 12.1. The Labute approximate surface area is 152 Å². The molecular formula is C18H24N2O4S. The summed E-state index contributed by atoms with van der Waals surface area (Å²) in [6.45, 7) is 4.60. The minimum Gasteiger partial charge on any atom is -0.493 e. The van der Waals surface area contributed by atoms with Gasteiger partial charge in [0.2, 0.25) is 0 Å². The Morgan fingerprint density at radius 1 is 1.32 bits per heavy atom. The van der Waals surface area contributed by atoms with Crippen LogP contribution in [0.1, 0.15) is 31.9 Å². The van der Waals surface area contributed by atoms with Gasteiger partial charge in [0, 0.05) is 17.0 Å². The van der Waals surface area contributed by atoms with Crippen molar-refractivity contribution in [2.75, 3.05) is 25.2 Å². The lowest BCUT2D eigenvalue weighted by Crippen LogP contribution is -2.44. The number of amides is 2. The Morgan fingerprint density at radius 3 is 2.80 bits per heavy atom. The highest BCUT2D eigenvalue weighted by Gasteiger charge is 2.39. The van der Waals surface area contributed by atoms with Crippen molar-refractivity contribution in [1.82, 2.24) is 5.32 Å². The fourth-order valence-corrected chi connectivity index (χ4v) is 2.93. The summed E-state index contributed by atoms with van der Waals surface area (Å²) >= 11 is 1.60. The van der Waals surface area contributed by atoms with Gasteiger partial charge >= 0.3 is 12.0 Å². The fraction of sp³-hybridized carbons (Fsp3) is 0.500. The summed E-state index contributed by atoms with van der Waals surface area (Å²) in [5.74, 6) is 0.338. The van der Waals surface area contributed by atoms with Gasteiger partial charge in [-0.15, -0.1) is 0 Å². The van der Waals surface area contributed by atoms with Gasteiger partial charge in [0.15, 0.2) is 0 Å². The fourth-order valence-electron chi connectivity index (χ4n) is 2.68. The maximum Gasteiger partial charge on any atom is 0.341 e. The second kappa shape index (κ2) is 9.46. The van der Waals surface area contributed by atoms with Gasteiger partial charge in [-0.2, -0.15) is 11.8 Å². The van der Waals surface area contributed by atoms with E-state index in [2.05, 4.69) is 10.3 Å². The number of hydrogen-bond donors (Lipinski definition) is 1.